The van der Waals surface area contributed by atoms with Gasteiger partial charge < -0.3 is 20.4 Å². The summed E-state index contributed by atoms with van der Waals surface area (Å²) in [5, 5.41) is 7.08. The maximum atomic E-state index is 13.4. The van der Waals surface area contributed by atoms with Crippen molar-refractivity contribution in [3.63, 3.8) is 0 Å². The molecule has 4 bridgehead atoms. The van der Waals surface area contributed by atoms with Crippen LogP contribution < -0.4 is 10.6 Å². The van der Waals surface area contributed by atoms with E-state index < -0.39 is 6.04 Å². The van der Waals surface area contributed by atoms with Gasteiger partial charge in [-0.2, -0.15) is 0 Å². The molecule has 4 aliphatic rings. The van der Waals surface area contributed by atoms with Crippen molar-refractivity contribution < 1.29 is 14.3 Å². The molecule has 1 atom stereocenters. The van der Waals surface area contributed by atoms with Gasteiger partial charge in [0.25, 0.3) is 5.91 Å². The molecule has 7 rings (SSSR count). The van der Waals surface area contributed by atoms with Crippen molar-refractivity contribution in [2.24, 2.45) is 17.8 Å². The number of carbonyl (C=O) groups excluding carboxylic acids is 2. The summed E-state index contributed by atoms with van der Waals surface area (Å²) in [4.78, 5) is 29.8. The quantitative estimate of drug-likeness (QED) is 0.329. The zero-order valence-electron chi connectivity index (χ0n) is 22.3. The zero-order chi connectivity index (χ0) is 26.1. The standard InChI is InChI=1S/C32H39N3O3/c1-38-12-4-11-33-31(37)29(16-25-20-34-28-6-3-2-5-27(25)28)35-30(36)24-7-9-26(10-8-24)32-17-21-13-22(18-32)15-23(14-21)19-32/h2-3,5-10,20-23,29,34H,4,11-19H2,1H3,(H,33,37)(H,35,36)/t21?,22?,23?,29-,32?/m0/s1. The maximum absolute atomic E-state index is 13.4. The summed E-state index contributed by atoms with van der Waals surface area (Å²) in [5.74, 6) is 2.27. The second-order valence-corrected chi connectivity index (χ2v) is 12.0. The number of H-pyrrole nitrogens is 1. The number of para-hydroxylation sites is 1. The molecule has 0 radical (unpaired) electrons. The summed E-state index contributed by atoms with van der Waals surface area (Å²) in [6, 6.07) is 15.6. The van der Waals surface area contributed by atoms with E-state index in [1.165, 1.54) is 44.1 Å². The average molecular weight is 514 g/mol. The van der Waals surface area contributed by atoms with Crippen LogP contribution in [0.25, 0.3) is 10.9 Å². The van der Waals surface area contributed by atoms with E-state index in [0.717, 1.165) is 40.6 Å². The van der Waals surface area contributed by atoms with Crippen molar-refractivity contribution in [3.05, 3.63) is 71.4 Å². The smallest absolute Gasteiger partial charge is 0.251 e. The highest BCUT2D eigenvalue weighted by atomic mass is 16.5. The first-order chi connectivity index (χ1) is 18.5. The van der Waals surface area contributed by atoms with Gasteiger partial charge in [-0.3, -0.25) is 9.59 Å². The number of hydrogen-bond acceptors (Lipinski definition) is 3. The molecule has 4 fully saturated rings. The van der Waals surface area contributed by atoms with Crippen molar-refractivity contribution >= 4 is 22.7 Å². The predicted molar refractivity (Wildman–Crippen MR) is 149 cm³/mol. The lowest BCUT2D eigenvalue weighted by Crippen LogP contribution is -2.49. The maximum Gasteiger partial charge on any atom is 0.251 e. The number of nitrogens with one attached hydrogen (secondary N) is 3. The summed E-state index contributed by atoms with van der Waals surface area (Å²) in [6.07, 6.45) is 11.3. The summed E-state index contributed by atoms with van der Waals surface area (Å²) in [6.45, 7) is 1.09. The minimum absolute atomic E-state index is 0.176. The Balaban J connectivity index is 1.17. The molecule has 0 saturated heterocycles. The molecular weight excluding hydrogens is 474 g/mol. The van der Waals surface area contributed by atoms with Gasteiger partial charge in [0.1, 0.15) is 6.04 Å². The van der Waals surface area contributed by atoms with Crippen LogP contribution in [0.2, 0.25) is 0 Å². The van der Waals surface area contributed by atoms with E-state index >= 15 is 0 Å². The van der Waals surface area contributed by atoms with Crippen LogP contribution in [0.3, 0.4) is 0 Å². The summed E-state index contributed by atoms with van der Waals surface area (Å²) in [7, 11) is 1.65. The van der Waals surface area contributed by atoms with E-state index in [9.17, 15) is 9.59 Å². The van der Waals surface area contributed by atoms with E-state index in [0.29, 0.717) is 30.6 Å². The van der Waals surface area contributed by atoms with E-state index in [1.54, 1.807) is 7.11 Å². The Labute approximate surface area is 224 Å². The molecular formula is C32H39N3O3. The minimum Gasteiger partial charge on any atom is -0.385 e. The van der Waals surface area contributed by atoms with Crippen LogP contribution in [0.15, 0.2) is 54.7 Å². The molecule has 4 aliphatic carbocycles. The van der Waals surface area contributed by atoms with Crippen LogP contribution in [0.4, 0.5) is 0 Å². The van der Waals surface area contributed by atoms with E-state index in [4.69, 9.17) is 4.74 Å². The van der Waals surface area contributed by atoms with Crippen LogP contribution in [0.5, 0.6) is 0 Å². The molecule has 3 N–H and O–H groups in total. The Morgan fingerprint density at radius 2 is 1.68 bits per heavy atom. The average Bonchev–Trinajstić information content (AvgIpc) is 3.33. The van der Waals surface area contributed by atoms with Crippen molar-refractivity contribution in [1.82, 2.24) is 15.6 Å². The van der Waals surface area contributed by atoms with E-state index in [-0.39, 0.29) is 11.8 Å². The number of hydrogen-bond donors (Lipinski definition) is 3. The van der Waals surface area contributed by atoms with Gasteiger partial charge in [0, 0.05) is 49.3 Å². The molecule has 0 spiro atoms. The number of amides is 2. The summed E-state index contributed by atoms with van der Waals surface area (Å²) < 4.78 is 5.10. The van der Waals surface area contributed by atoms with Crippen molar-refractivity contribution in [2.45, 2.75) is 62.8 Å². The van der Waals surface area contributed by atoms with Gasteiger partial charge in [-0.15, -0.1) is 0 Å². The molecule has 1 aromatic heterocycles. The second-order valence-electron chi connectivity index (χ2n) is 12.0. The zero-order valence-corrected chi connectivity index (χ0v) is 22.3. The highest BCUT2D eigenvalue weighted by molar-refractivity contribution is 5.98. The monoisotopic (exact) mass is 513 g/mol. The topological polar surface area (TPSA) is 83.2 Å². The Bertz CT molecular complexity index is 1260. The van der Waals surface area contributed by atoms with Gasteiger partial charge in [-0.25, -0.2) is 0 Å². The molecule has 2 aromatic carbocycles. The fourth-order valence-corrected chi connectivity index (χ4v) is 7.96. The van der Waals surface area contributed by atoms with Crippen molar-refractivity contribution in [3.8, 4) is 0 Å². The van der Waals surface area contributed by atoms with Gasteiger partial charge in [0.05, 0.1) is 0 Å². The van der Waals surface area contributed by atoms with Gasteiger partial charge in [0.15, 0.2) is 0 Å². The van der Waals surface area contributed by atoms with Crippen LogP contribution in [-0.4, -0.2) is 43.1 Å². The molecule has 200 valence electrons. The molecule has 6 heteroatoms. The van der Waals surface area contributed by atoms with Crippen molar-refractivity contribution in [1.29, 1.82) is 0 Å². The Kier molecular flexibility index (Phi) is 7.00. The van der Waals surface area contributed by atoms with Crippen LogP contribution >= 0.6 is 0 Å². The number of carbonyl (C=O) groups is 2. The van der Waals surface area contributed by atoms with Crippen LogP contribution in [-0.2, 0) is 21.4 Å². The van der Waals surface area contributed by atoms with Crippen LogP contribution in [0.1, 0.15) is 66.4 Å². The number of rotatable bonds is 10. The molecule has 0 unspecified atom stereocenters. The molecule has 1 heterocycles. The normalized spacial score (nSPS) is 26.4. The highest BCUT2D eigenvalue weighted by Gasteiger charge is 2.51. The Morgan fingerprint density at radius 3 is 2.37 bits per heavy atom. The van der Waals surface area contributed by atoms with Gasteiger partial charge in [-0.05, 0) is 97.4 Å². The lowest BCUT2D eigenvalue weighted by atomic mass is 9.48. The minimum atomic E-state index is -0.674. The molecule has 4 saturated carbocycles. The molecule has 6 nitrogen and oxygen atoms in total. The number of fused-ring (bicyclic) bond motifs is 1. The number of ether oxygens (including phenoxy) is 1. The van der Waals surface area contributed by atoms with Gasteiger partial charge in [-0.1, -0.05) is 30.3 Å². The lowest BCUT2D eigenvalue weighted by Gasteiger charge is -2.57. The van der Waals surface area contributed by atoms with E-state index in [1.807, 2.05) is 42.6 Å². The molecule has 2 amide bonds. The first-order valence-electron chi connectivity index (χ1n) is 14.3. The molecule has 3 aromatic rings. The third kappa shape index (κ3) is 4.98. The Morgan fingerprint density at radius 1 is 1.00 bits per heavy atom. The fourth-order valence-electron chi connectivity index (χ4n) is 7.96. The number of methoxy groups -OCH3 is 1. The van der Waals surface area contributed by atoms with E-state index in [2.05, 4.69) is 27.8 Å². The first-order valence-corrected chi connectivity index (χ1v) is 14.3. The number of benzene rings is 2. The molecule has 38 heavy (non-hydrogen) atoms. The second kappa shape index (κ2) is 10.6. The number of aromatic amines is 1. The summed E-state index contributed by atoms with van der Waals surface area (Å²) in [5.41, 5.74) is 4.35. The number of aromatic nitrogens is 1. The fraction of sp³-hybridized carbons (Fsp3) is 0.500. The predicted octanol–water partition coefficient (Wildman–Crippen LogP) is 5.13. The third-order valence-corrected chi connectivity index (χ3v) is 9.34. The third-order valence-electron chi connectivity index (χ3n) is 9.34. The molecule has 0 aliphatic heterocycles. The van der Waals surface area contributed by atoms with Gasteiger partial charge >= 0.3 is 0 Å². The van der Waals surface area contributed by atoms with Gasteiger partial charge in [0.2, 0.25) is 5.91 Å². The SMILES string of the molecule is COCCCNC(=O)[C@H](Cc1c[nH]c2ccccc12)NC(=O)c1ccc(C23CC4CC(CC(C4)C2)C3)cc1. The van der Waals surface area contributed by atoms with Crippen molar-refractivity contribution in [2.75, 3.05) is 20.3 Å². The summed E-state index contributed by atoms with van der Waals surface area (Å²) >= 11 is 0. The Hall–Kier alpha value is -3.12. The highest BCUT2D eigenvalue weighted by Crippen LogP contribution is 2.60. The largest absolute Gasteiger partial charge is 0.385 e. The lowest BCUT2D eigenvalue weighted by molar-refractivity contribution is -0.123. The van der Waals surface area contributed by atoms with Crippen LogP contribution in [0, 0.1) is 17.8 Å². The first kappa shape index (κ1) is 25.2.